The van der Waals surface area contributed by atoms with Crippen molar-refractivity contribution in [2.75, 3.05) is 7.11 Å². The predicted octanol–water partition coefficient (Wildman–Crippen LogP) is 4.06. The number of aryl methyl sites for hydroxylation is 2. The Kier molecular flexibility index (Phi) is 6.47. The lowest BCUT2D eigenvalue weighted by atomic mass is 10.1. The van der Waals surface area contributed by atoms with Crippen molar-refractivity contribution < 1.29 is 24.2 Å². The summed E-state index contributed by atoms with van der Waals surface area (Å²) in [6, 6.07) is 11.0. The summed E-state index contributed by atoms with van der Waals surface area (Å²) in [6.45, 7) is 5.46. The number of carboxylic acid groups (broad SMARTS) is 1. The molecule has 2 aromatic carbocycles. The zero-order chi connectivity index (χ0) is 21.8. The average molecular weight is 426 g/mol. The number of methoxy groups -OCH3 is 1. The van der Waals surface area contributed by atoms with Crippen LogP contribution in [0.1, 0.15) is 23.6 Å². The second-order valence-corrected chi connectivity index (χ2v) is 7.76. The van der Waals surface area contributed by atoms with E-state index in [0.29, 0.717) is 21.4 Å². The number of carboxylic acids is 1. The summed E-state index contributed by atoms with van der Waals surface area (Å²) in [4.78, 5) is 28.6. The fourth-order valence-electron chi connectivity index (χ4n) is 2.69. The third-order valence-electron chi connectivity index (χ3n) is 4.53. The van der Waals surface area contributed by atoms with Gasteiger partial charge in [-0.15, -0.1) is 0 Å². The molecule has 0 aliphatic carbocycles. The number of ether oxygens (including phenoxy) is 2. The van der Waals surface area contributed by atoms with Gasteiger partial charge in [-0.05, 0) is 67.9 Å². The van der Waals surface area contributed by atoms with Gasteiger partial charge in [-0.25, -0.2) is 9.79 Å². The summed E-state index contributed by atoms with van der Waals surface area (Å²) >= 11 is 1.20. The van der Waals surface area contributed by atoms with Crippen molar-refractivity contribution in [1.82, 2.24) is 5.32 Å². The molecule has 0 saturated carbocycles. The number of hydrogen-bond donors (Lipinski definition) is 2. The van der Waals surface area contributed by atoms with E-state index in [0.717, 1.165) is 11.3 Å². The minimum atomic E-state index is -1.10. The number of para-hydroxylation sites is 1. The summed E-state index contributed by atoms with van der Waals surface area (Å²) < 4.78 is 10.9. The minimum Gasteiger partial charge on any atom is -0.493 e. The second kappa shape index (κ2) is 9.04. The molecule has 8 heteroatoms. The lowest BCUT2D eigenvalue weighted by Gasteiger charge is -2.16. The molecule has 0 radical (unpaired) electrons. The molecule has 1 aliphatic heterocycles. The molecule has 2 aromatic rings. The van der Waals surface area contributed by atoms with Gasteiger partial charge < -0.3 is 19.9 Å². The van der Waals surface area contributed by atoms with E-state index >= 15 is 0 Å². The topological polar surface area (TPSA) is 97.2 Å². The molecule has 1 saturated heterocycles. The highest BCUT2D eigenvalue weighted by Crippen LogP contribution is 2.36. The second-order valence-electron chi connectivity index (χ2n) is 6.73. The molecule has 1 heterocycles. The fourth-order valence-corrected chi connectivity index (χ4v) is 3.53. The summed E-state index contributed by atoms with van der Waals surface area (Å²) in [5.74, 6) is -0.752. The van der Waals surface area contributed by atoms with Crippen molar-refractivity contribution in [2.24, 2.45) is 4.99 Å². The van der Waals surface area contributed by atoms with E-state index in [1.165, 1.54) is 31.4 Å². The molecule has 7 nitrogen and oxygen atoms in total. The van der Waals surface area contributed by atoms with Crippen LogP contribution in [-0.2, 0) is 9.59 Å². The number of nitrogens with zero attached hydrogens (tertiary/aromatic N) is 1. The molecular formula is C22H22N2O5S. The smallest absolute Gasteiger partial charge is 0.344 e. The molecule has 2 N–H and O–H groups in total. The van der Waals surface area contributed by atoms with Gasteiger partial charge in [-0.2, -0.15) is 0 Å². The van der Waals surface area contributed by atoms with Crippen molar-refractivity contribution in [2.45, 2.75) is 26.9 Å². The SMILES string of the molecule is COc1cccc(/C=C2\SC(=Nc3ccc(C)c(C)c3)NC2=O)c1O[C@@H](C)C(=O)O. The van der Waals surface area contributed by atoms with Crippen molar-refractivity contribution in [1.29, 1.82) is 0 Å². The molecule has 156 valence electrons. The van der Waals surface area contributed by atoms with Crippen LogP contribution >= 0.6 is 11.8 Å². The highest BCUT2D eigenvalue weighted by Gasteiger charge is 2.25. The molecule has 1 atom stereocenters. The first-order valence-corrected chi connectivity index (χ1v) is 10.0. The van der Waals surface area contributed by atoms with Crippen LogP contribution in [0.3, 0.4) is 0 Å². The van der Waals surface area contributed by atoms with Crippen LogP contribution in [0.4, 0.5) is 5.69 Å². The normalized spacial score (nSPS) is 17.1. The number of carbonyl (C=O) groups excluding carboxylic acids is 1. The van der Waals surface area contributed by atoms with Gasteiger partial charge in [0, 0.05) is 5.56 Å². The molecule has 1 amide bonds. The molecule has 0 aromatic heterocycles. The van der Waals surface area contributed by atoms with E-state index in [2.05, 4.69) is 10.3 Å². The first-order chi connectivity index (χ1) is 14.3. The summed E-state index contributed by atoms with van der Waals surface area (Å²) in [6.07, 6.45) is 0.556. The van der Waals surface area contributed by atoms with Gasteiger partial charge in [0.15, 0.2) is 22.8 Å². The van der Waals surface area contributed by atoms with Crippen molar-refractivity contribution in [3.63, 3.8) is 0 Å². The number of amidine groups is 1. The van der Waals surface area contributed by atoms with Crippen LogP contribution in [0.25, 0.3) is 6.08 Å². The van der Waals surface area contributed by atoms with Crippen LogP contribution in [0.2, 0.25) is 0 Å². The highest BCUT2D eigenvalue weighted by atomic mass is 32.2. The first-order valence-electron chi connectivity index (χ1n) is 9.21. The summed E-state index contributed by atoms with van der Waals surface area (Å²) in [5, 5.41) is 12.4. The van der Waals surface area contributed by atoms with Crippen molar-refractivity contribution in [3.05, 3.63) is 58.0 Å². The Balaban J connectivity index is 1.91. The van der Waals surface area contributed by atoms with Crippen LogP contribution in [0.15, 0.2) is 46.3 Å². The number of aliphatic carboxylic acids is 1. The fraction of sp³-hybridized carbons (Fsp3) is 0.227. The quantitative estimate of drug-likeness (QED) is 0.676. The van der Waals surface area contributed by atoms with Crippen LogP contribution in [0.5, 0.6) is 11.5 Å². The molecule has 0 spiro atoms. The van der Waals surface area contributed by atoms with Crippen molar-refractivity contribution >= 4 is 40.6 Å². The van der Waals surface area contributed by atoms with E-state index in [9.17, 15) is 14.7 Å². The Hall–Kier alpha value is -3.26. The van der Waals surface area contributed by atoms with Crippen molar-refractivity contribution in [3.8, 4) is 11.5 Å². The third kappa shape index (κ3) is 4.83. The largest absolute Gasteiger partial charge is 0.493 e. The number of thioether (sulfide) groups is 1. The summed E-state index contributed by atoms with van der Waals surface area (Å²) in [7, 11) is 1.47. The average Bonchev–Trinajstić information content (AvgIpc) is 3.04. The Morgan fingerprint density at radius 1 is 1.23 bits per heavy atom. The number of hydrogen-bond acceptors (Lipinski definition) is 6. The summed E-state index contributed by atoms with van der Waals surface area (Å²) in [5.41, 5.74) is 3.58. The lowest BCUT2D eigenvalue weighted by molar-refractivity contribution is -0.144. The molecule has 0 unspecified atom stereocenters. The van der Waals surface area contributed by atoms with Gasteiger partial charge in [0.25, 0.3) is 5.91 Å². The zero-order valence-electron chi connectivity index (χ0n) is 17.1. The van der Waals surface area contributed by atoms with Gasteiger partial charge in [-0.1, -0.05) is 18.2 Å². The maximum Gasteiger partial charge on any atom is 0.344 e. The Labute approximate surface area is 178 Å². The zero-order valence-corrected chi connectivity index (χ0v) is 17.9. The number of rotatable bonds is 6. The van der Waals surface area contributed by atoms with Crippen LogP contribution < -0.4 is 14.8 Å². The van der Waals surface area contributed by atoms with Crippen LogP contribution in [-0.4, -0.2) is 35.4 Å². The Morgan fingerprint density at radius 2 is 2.00 bits per heavy atom. The van der Waals surface area contributed by atoms with E-state index in [1.54, 1.807) is 24.3 Å². The highest BCUT2D eigenvalue weighted by molar-refractivity contribution is 8.18. The molecule has 1 aliphatic rings. The van der Waals surface area contributed by atoms with Gasteiger partial charge in [0.2, 0.25) is 0 Å². The monoisotopic (exact) mass is 426 g/mol. The molecule has 0 bridgehead atoms. The lowest BCUT2D eigenvalue weighted by Crippen LogP contribution is -2.23. The Bertz CT molecular complexity index is 1060. The predicted molar refractivity (Wildman–Crippen MR) is 117 cm³/mol. The number of amides is 1. The first kappa shape index (κ1) is 21.4. The Morgan fingerprint density at radius 3 is 2.67 bits per heavy atom. The molecule has 1 fully saturated rings. The molecule has 3 rings (SSSR count). The van der Waals surface area contributed by atoms with E-state index in [1.807, 2.05) is 32.0 Å². The van der Waals surface area contributed by atoms with Gasteiger partial charge in [0.1, 0.15) is 0 Å². The van der Waals surface area contributed by atoms with Crippen LogP contribution in [0, 0.1) is 13.8 Å². The maximum absolute atomic E-state index is 12.4. The number of nitrogens with one attached hydrogen (secondary N) is 1. The molecule has 30 heavy (non-hydrogen) atoms. The van der Waals surface area contributed by atoms with E-state index < -0.39 is 12.1 Å². The number of aliphatic imine (C=N–C) groups is 1. The maximum atomic E-state index is 12.4. The standard InChI is InChI=1S/C22H22N2O5S/c1-12-8-9-16(10-13(12)2)23-22-24-20(25)18(30-22)11-15-6-5-7-17(28-4)19(15)29-14(3)21(26)27/h5-11,14H,1-4H3,(H,26,27)(H,23,24,25)/b18-11-/t14-/m0/s1. The minimum absolute atomic E-state index is 0.260. The third-order valence-corrected chi connectivity index (χ3v) is 5.44. The number of benzene rings is 2. The van der Waals surface area contributed by atoms with E-state index in [4.69, 9.17) is 9.47 Å². The van der Waals surface area contributed by atoms with Gasteiger partial charge in [0.05, 0.1) is 17.7 Å². The number of carbonyl (C=O) groups is 2. The van der Waals surface area contributed by atoms with E-state index in [-0.39, 0.29) is 11.7 Å². The van der Waals surface area contributed by atoms with Gasteiger partial charge >= 0.3 is 5.97 Å². The van der Waals surface area contributed by atoms with Gasteiger partial charge in [-0.3, -0.25) is 4.79 Å². The molecular weight excluding hydrogens is 404 g/mol.